The Bertz CT molecular complexity index is 701. The van der Waals surface area contributed by atoms with Crippen molar-refractivity contribution < 1.29 is 0 Å². The summed E-state index contributed by atoms with van der Waals surface area (Å²) in [4.78, 5) is 8.54. The SMILES string of the molecule is Cc1cccc2nc(N)n(CCc3cccnc3)c12. The average Bonchev–Trinajstić information content (AvgIpc) is 2.75. The van der Waals surface area contributed by atoms with Gasteiger partial charge in [-0.1, -0.05) is 18.2 Å². The molecule has 0 aliphatic rings. The fraction of sp³-hybridized carbons (Fsp3) is 0.200. The molecule has 0 atom stereocenters. The summed E-state index contributed by atoms with van der Waals surface area (Å²) in [5, 5.41) is 0. The lowest BCUT2D eigenvalue weighted by atomic mass is 10.2. The van der Waals surface area contributed by atoms with Crippen molar-refractivity contribution in [3.8, 4) is 0 Å². The topological polar surface area (TPSA) is 56.7 Å². The van der Waals surface area contributed by atoms with E-state index in [1.807, 2.05) is 24.4 Å². The second-order valence-electron chi connectivity index (χ2n) is 4.68. The molecule has 0 aliphatic carbocycles. The normalized spacial score (nSPS) is 11.0. The third-order valence-electron chi connectivity index (χ3n) is 3.34. The molecule has 1 aromatic carbocycles. The summed E-state index contributed by atoms with van der Waals surface area (Å²) in [5.74, 6) is 0.577. The molecule has 96 valence electrons. The number of imidazole rings is 1. The zero-order valence-corrected chi connectivity index (χ0v) is 10.9. The van der Waals surface area contributed by atoms with Gasteiger partial charge < -0.3 is 10.3 Å². The third-order valence-corrected chi connectivity index (χ3v) is 3.34. The van der Waals surface area contributed by atoms with Crippen LogP contribution in [0.25, 0.3) is 11.0 Å². The summed E-state index contributed by atoms with van der Waals surface area (Å²) in [5.41, 5.74) is 10.5. The number of hydrogen-bond acceptors (Lipinski definition) is 3. The van der Waals surface area contributed by atoms with Crippen LogP contribution in [0.15, 0.2) is 42.7 Å². The second-order valence-corrected chi connectivity index (χ2v) is 4.68. The second kappa shape index (κ2) is 4.72. The first kappa shape index (κ1) is 11.7. The molecule has 0 fully saturated rings. The number of aryl methyl sites for hydroxylation is 3. The molecule has 0 aliphatic heterocycles. The zero-order chi connectivity index (χ0) is 13.2. The summed E-state index contributed by atoms with van der Waals surface area (Å²) in [6.45, 7) is 2.91. The van der Waals surface area contributed by atoms with Crippen LogP contribution in [0.3, 0.4) is 0 Å². The Labute approximate surface area is 111 Å². The molecule has 0 spiro atoms. The van der Waals surface area contributed by atoms with Crippen molar-refractivity contribution >= 4 is 17.0 Å². The van der Waals surface area contributed by atoms with E-state index < -0.39 is 0 Å². The Morgan fingerprint density at radius 3 is 2.89 bits per heavy atom. The number of nitrogens with zero attached hydrogens (tertiary/aromatic N) is 3. The van der Waals surface area contributed by atoms with Crippen LogP contribution in [-0.2, 0) is 13.0 Å². The number of fused-ring (bicyclic) bond motifs is 1. The largest absolute Gasteiger partial charge is 0.369 e. The molecule has 0 saturated carbocycles. The Kier molecular flexibility index (Phi) is 2.91. The number of pyridine rings is 1. The molecule has 2 N–H and O–H groups in total. The minimum absolute atomic E-state index is 0.577. The highest BCUT2D eigenvalue weighted by atomic mass is 15.1. The highest BCUT2D eigenvalue weighted by molar-refractivity contribution is 5.81. The van der Waals surface area contributed by atoms with Crippen molar-refractivity contribution in [2.45, 2.75) is 19.9 Å². The molecule has 2 heterocycles. The molecule has 0 unspecified atom stereocenters. The summed E-state index contributed by atoms with van der Waals surface area (Å²) in [7, 11) is 0. The van der Waals surface area contributed by atoms with Gasteiger partial charge in [0.25, 0.3) is 0 Å². The molecule has 3 aromatic rings. The van der Waals surface area contributed by atoms with E-state index in [0.717, 1.165) is 24.0 Å². The lowest BCUT2D eigenvalue weighted by Crippen LogP contribution is -2.06. The summed E-state index contributed by atoms with van der Waals surface area (Å²) >= 11 is 0. The number of nitrogens with two attached hydrogens (primary N) is 1. The van der Waals surface area contributed by atoms with Crippen molar-refractivity contribution in [1.82, 2.24) is 14.5 Å². The molecule has 19 heavy (non-hydrogen) atoms. The minimum atomic E-state index is 0.577. The maximum absolute atomic E-state index is 6.02. The summed E-state index contributed by atoms with van der Waals surface area (Å²) < 4.78 is 2.08. The van der Waals surface area contributed by atoms with Crippen LogP contribution in [0.1, 0.15) is 11.1 Å². The zero-order valence-electron chi connectivity index (χ0n) is 10.9. The van der Waals surface area contributed by atoms with Crippen LogP contribution < -0.4 is 5.73 Å². The van der Waals surface area contributed by atoms with E-state index in [0.29, 0.717) is 5.95 Å². The lowest BCUT2D eigenvalue weighted by molar-refractivity contribution is 0.723. The molecule has 4 nitrogen and oxygen atoms in total. The van der Waals surface area contributed by atoms with Crippen molar-refractivity contribution in [1.29, 1.82) is 0 Å². The number of aromatic nitrogens is 3. The predicted molar refractivity (Wildman–Crippen MR) is 76.8 cm³/mol. The number of anilines is 1. The number of benzene rings is 1. The molecule has 0 bridgehead atoms. The summed E-state index contributed by atoms with van der Waals surface area (Å²) in [6.07, 6.45) is 4.58. The molecular formula is C15H16N4. The first-order valence-electron chi connectivity index (χ1n) is 6.36. The molecule has 0 amide bonds. The third kappa shape index (κ3) is 2.17. The van der Waals surface area contributed by atoms with Crippen molar-refractivity contribution in [2.75, 3.05) is 5.73 Å². The Morgan fingerprint density at radius 2 is 2.11 bits per heavy atom. The van der Waals surface area contributed by atoms with Crippen LogP contribution in [0.2, 0.25) is 0 Å². The molecule has 2 aromatic heterocycles. The van der Waals surface area contributed by atoms with Gasteiger partial charge in [-0.25, -0.2) is 4.98 Å². The average molecular weight is 252 g/mol. The smallest absolute Gasteiger partial charge is 0.201 e. The highest BCUT2D eigenvalue weighted by Crippen LogP contribution is 2.21. The van der Waals surface area contributed by atoms with Gasteiger partial charge in [0.1, 0.15) is 0 Å². The maximum atomic E-state index is 6.02. The van der Waals surface area contributed by atoms with E-state index >= 15 is 0 Å². The predicted octanol–water partition coefficient (Wildman–Crippen LogP) is 2.56. The highest BCUT2D eigenvalue weighted by Gasteiger charge is 2.09. The molecule has 0 radical (unpaired) electrons. The van der Waals surface area contributed by atoms with Crippen LogP contribution in [0.5, 0.6) is 0 Å². The fourth-order valence-corrected chi connectivity index (χ4v) is 2.40. The summed E-state index contributed by atoms with van der Waals surface area (Å²) in [6, 6.07) is 10.1. The van der Waals surface area contributed by atoms with Gasteiger partial charge in [0.15, 0.2) is 0 Å². The Balaban J connectivity index is 1.95. The van der Waals surface area contributed by atoms with Gasteiger partial charge in [0.2, 0.25) is 5.95 Å². The fourth-order valence-electron chi connectivity index (χ4n) is 2.40. The molecule has 4 heteroatoms. The van der Waals surface area contributed by atoms with Crippen LogP contribution in [0.4, 0.5) is 5.95 Å². The van der Waals surface area contributed by atoms with Gasteiger partial charge in [-0.3, -0.25) is 4.98 Å². The minimum Gasteiger partial charge on any atom is -0.369 e. The van der Waals surface area contributed by atoms with Gasteiger partial charge >= 0.3 is 0 Å². The van der Waals surface area contributed by atoms with Crippen molar-refractivity contribution in [3.63, 3.8) is 0 Å². The molecular weight excluding hydrogens is 236 g/mol. The van der Waals surface area contributed by atoms with E-state index in [4.69, 9.17) is 5.73 Å². The quantitative estimate of drug-likeness (QED) is 0.779. The Hall–Kier alpha value is -2.36. The first-order chi connectivity index (χ1) is 9.25. The van der Waals surface area contributed by atoms with Crippen molar-refractivity contribution in [2.24, 2.45) is 0 Å². The standard InChI is InChI=1S/C15H16N4/c1-11-4-2-6-13-14(11)19(15(16)18-13)9-7-12-5-3-8-17-10-12/h2-6,8,10H,7,9H2,1H3,(H2,16,18). The van der Waals surface area contributed by atoms with Crippen LogP contribution in [0, 0.1) is 6.92 Å². The molecule has 3 rings (SSSR count). The maximum Gasteiger partial charge on any atom is 0.201 e. The van der Waals surface area contributed by atoms with Crippen molar-refractivity contribution in [3.05, 3.63) is 53.9 Å². The Morgan fingerprint density at radius 1 is 1.21 bits per heavy atom. The number of para-hydroxylation sites is 1. The van der Waals surface area contributed by atoms with Gasteiger partial charge in [-0.15, -0.1) is 0 Å². The van der Waals surface area contributed by atoms with E-state index in [1.54, 1.807) is 6.20 Å². The van der Waals surface area contributed by atoms with Gasteiger partial charge in [0, 0.05) is 18.9 Å². The van der Waals surface area contributed by atoms with Gasteiger partial charge in [-0.2, -0.15) is 0 Å². The lowest BCUT2D eigenvalue weighted by Gasteiger charge is -2.08. The van der Waals surface area contributed by atoms with Crippen LogP contribution in [-0.4, -0.2) is 14.5 Å². The van der Waals surface area contributed by atoms with Gasteiger partial charge in [-0.05, 0) is 36.6 Å². The van der Waals surface area contributed by atoms with Crippen LogP contribution >= 0.6 is 0 Å². The van der Waals surface area contributed by atoms with E-state index in [-0.39, 0.29) is 0 Å². The van der Waals surface area contributed by atoms with E-state index in [2.05, 4.69) is 33.6 Å². The molecule has 0 saturated heterocycles. The monoisotopic (exact) mass is 252 g/mol. The van der Waals surface area contributed by atoms with E-state index in [9.17, 15) is 0 Å². The number of nitrogen functional groups attached to an aromatic ring is 1. The van der Waals surface area contributed by atoms with E-state index in [1.165, 1.54) is 11.1 Å². The first-order valence-corrected chi connectivity index (χ1v) is 6.36. The number of hydrogen-bond donors (Lipinski definition) is 1. The van der Waals surface area contributed by atoms with Gasteiger partial charge in [0.05, 0.1) is 11.0 Å². The number of rotatable bonds is 3.